The van der Waals surface area contributed by atoms with Gasteiger partial charge < -0.3 is 14.8 Å². The van der Waals surface area contributed by atoms with Gasteiger partial charge in [-0.3, -0.25) is 19.4 Å². The average Bonchev–Trinajstić information content (AvgIpc) is 3.32. The maximum Gasteiger partial charge on any atom is 0.263 e. The van der Waals surface area contributed by atoms with Gasteiger partial charge in [-0.25, -0.2) is 4.90 Å². The summed E-state index contributed by atoms with van der Waals surface area (Å²) in [5, 5.41) is 11.9. The number of fused-ring (bicyclic) bond motifs is 1. The molecule has 3 amide bonds. The van der Waals surface area contributed by atoms with Crippen molar-refractivity contribution in [3.05, 3.63) is 42.5 Å². The van der Waals surface area contributed by atoms with Gasteiger partial charge in [0.1, 0.15) is 6.54 Å². The van der Waals surface area contributed by atoms with Gasteiger partial charge in [0.2, 0.25) is 5.91 Å². The first-order valence-corrected chi connectivity index (χ1v) is 10.9. The molecule has 0 radical (unpaired) electrons. The van der Waals surface area contributed by atoms with Crippen LogP contribution in [0.1, 0.15) is 0 Å². The lowest BCUT2D eigenvalue weighted by atomic mass is 10.1. The zero-order valence-corrected chi connectivity index (χ0v) is 18.5. The number of ether oxygens (including phenoxy) is 2. The number of nitrogens with zero attached hydrogens (tertiary/aromatic N) is 4. The molecule has 2 aliphatic heterocycles. The van der Waals surface area contributed by atoms with Gasteiger partial charge in [-0.2, -0.15) is 5.11 Å². The van der Waals surface area contributed by atoms with Gasteiger partial charge in [0, 0.05) is 16.6 Å². The van der Waals surface area contributed by atoms with Gasteiger partial charge in [-0.15, -0.1) is 11.8 Å². The van der Waals surface area contributed by atoms with Crippen LogP contribution in [0, 0.1) is 0 Å². The molecule has 2 atom stereocenters. The van der Waals surface area contributed by atoms with E-state index in [-0.39, 0.29) is 12.5 Å². The van der Waals surface area contributed by atoms with Gasteiger partial charge in [0.25, 0.3) is 11.8 Å². The smallest absolute Gasteiger partial charge is 0.263 e. The standard InChI is InChI=1S/C21H21N5O5S/c1-30-15-8-7-13(10-16(15)31-2)26-20(28)18-19(21(26)29)25(24-23-18)11-17(27)22-12-5-4-6-14(9-12)32-3/h4-10,18-19H,11H2,1-3H3,(H,22,27)/t18-,19+/m0/s1. The highest BCUT2D eigenvalue weighted by atomic mass is 32.2. The topological polar surface area (TPSA) is 113 Å². The largest absolute Gasteiger partial charge is 0.493 e. The van der Waals surface area contributed by atoms with Crippen molar-refractivity contribution >= 4 is 40.9 Å². The fourth-order valence-electron chi connectivity index (χ4n) is 3.62. The molecular weight excluding hydrogens is 434 g/mol. The molecule has 11 heteroatoms. The lowest BCUT2D eigenvalue weighted by Gasteiger charge is -2.20. The molecule has 2 aromatic carbocycles. The van der Waals surface area contributed by atoms with Crippen LogP contribution in [-0.4, -0.2) is 61.8 Å². The Kier molecular flexibility index (Phi) is 5.99. The van der Waals surface area contributed by atoms with Gasteiger partial charge in [-0.1, -0.05) is 11.3 Å². The summed E-state index contributed by atoms with van der Waals surface area (Å²) in [5.74, 6) is -0.527. The highest BCUT2D eigenvalue weighted by molar-refractivity contribution is 7.98. The Labute approximate surface area is 188 Å². The van der Waals surface area contributed by atoms with Crippen molar-refractivity contribution in [2.24, 2.45) is 10.3 Å². The molecule has 166 valence electrons. The van der Waals surface area contributed by atoms with E-state index in [1.807, 2.05) is 24.5 Å². The Morgan fingerprint density at radius 3 is 2.59 bits per heavy atom. The summed E-state index contributed by atoms with van der Waals surface area (Å²) in [6.07, 6.45) is 1.94. The van der Waals surface area contributed by atoms with Crippen LogP contribution in [0.3, 0.4) is 0 Å². The molecule has 0 bridgehead atoms. The number of hydrogen-bond donors (Lipinski definition) is 1. The first-order valence-electron chi connectivity index (χ1n) is 9.68. The van der Waals surface area contributed by atoms with Crippen molar-refractivity contribution in [2.75, 3.05) is 37.2 Å². The lowest BCUT2D eigenvalue weighted by Crippen LogP contribution is -2.43. The van der Waals surface area contributed by atoms with Gasteiger partial charge in [-0.05, 0) is 36.6 Å². The summed E-state index contributed by atoms with van der Waals surface area (Å²) in [6, 6.07) is 10.2. The van der Waals surface area contributed by atoms with Crippen LogP contribution in [0.5, 0.6) is 11.5 Å². The van der Waals surface area contributed by atoms with Crippen LogP contribution in [0.25, 0.3) is 0 Å². The van der Waals surface area contributed by atoms with E-state index in [1.54, 1.807) is 36.0 Å². The highest BCUT2D eigenvalue weighted by Gasteiger charge is 2.55. The van der Waals surface area contributed by atoms with E-state index in [1.165, 1.54) is 19.2 Å². The Morgan fingerprint density at radius 1 is 1.09 bits per heavy atom. The Balaban J connectivity index is 1.50. The first kappa shape index (κ1) is 21.6. The summed E-state index contributed by atoms with van der Waals surface area (Å²) < 4.78 is 10.5. The normalized spacial score (nSPS) is 19.3. The molecule has 2 heterocycles. The van der Waals surface area contributed by atoms with Crippen LogP contribution in [0.15, 0.2) is 57.7 Å². The minimum atomic E-state index is -0.997. The number of amides is 3. The number of carbonyl (C=O) groups excluding carboxylic acids is 3. The van der Waals surface area contributed by atoms with Crippen molar-refractivity contribution in [3.63, 3.8) is 0 Å². The minimum Gasteiger partial charge on any atom is -0.493 e. The Hall–Kier alpha value is -3.60. The maximum absolute atomic E-state index is 13.1. The molecule has 32 heavy (non-hydrogen) atoms. The number of benzene rings is 2. The average molecular weight is 455 g/mol. The van der Waals surface area contributed by atoms with Crippen LogP contribution in [0.2, 0.25) is 0 Å². The Bertz CT molecular complexity index is 1110. The predicted molar refractivity (Wildman–Crippen MR) is 118 cm³/mol. The molecule has 1 N–H and O–H groups in total. The third-order valence-corrected chi connectivity index (χ3v) is 5.87. The summed E-state index contributed by atoms with van der Waals surface area (Å²) in [4.78, 5) is 40.6. The van der Waals surface area contributed by atoms with E-state index < -0.39 is 23.9 Å². The van der Waals surface area contributed by atoms with Crippen LogP contribution >= 0.6 is 11.8 Å². The van der Waals surface area contributed by atoms with Crippen LogP contribution in [-0.2, 0) is 14.4 Å². The fraction of sp³-hybridized carbons (Fsp3) is 0.286. The number of carbonyl (C=O) groups is 3. The van der Waals surface area contributed by atoms with E-state index in [0.717, 1.165) is 9.80 Å². The van der Waals surface area contributed by atoms with Crippen molar-refractivity contribution in [1.82, 2.24) is 5.01 Å². The van der Waals surface area contributed by atoms with Gasteiger partial charge in [0.05, 0.1) is 19.9 Å². The second kappa shape index (κ2) is 8.87. The summed E-state index contributed by atoms with van der Waals surface area (Å²) in [7, 11) is 2.96. The number of imide groups is 1. The lowest BCUT2D eigenvalue weighted by molar-refractivity contribution is -0.123. The van der Waals surface area contributed by atoms with Gasteiger partial charge >= 0.3 is 0 Å². The SMILES string of the molecule is COc1ccc(N2C(=O)[C@H]3N=NN(CC(=O)Nc4cccc(SC)c4)[C@H]3C2=O)cc1OC. The van der Waals surface area contributed by atoms with E-state index in [2.05, 4.69) is 15.7 Å². The molecule has 1 fully saturated rings. The van der Waals surface area contributed by atoms with Crippen molar-refractivity contribution in [1.29, 1.82) is 0 Å². The molecule has 0 aromatic heterocycles. The monoisotopic (exact) mass is 455 g/mol. The third kappa shape index (κ3) is 3.86. The second-order valence-corrected chi connectivity index (χ2v) is 7.90. The minimum absolute atomic E-state index is 0.215. The number of nitrogens with one attached hydrogen (secondary N) is 1. The van der Waals surface area contributed by atoms with Crippen molar-refractivity contribution < 1.29 is 23.9 Å². The van der Waals surface area contributed by atoms with E-state index in [0.29, 0.717) is 22.9 Å². The van der Waals surface area contributed by atoms with Crippen molar-refractivity contribution in [3.8, 4) is 11.5 Å². The predicted octanol–water partition coefficient (Wildman–Crippen LogP) is 2.36. The quantitative estimate of drug-likeness (QED) is 0.504. The van der Waals surface area contributed by atoms with Gasteiger partial charge in [0.15, 0.2) is 23.6 Å². The number of rotatable bonds is 7. The number of anilines is 2. The molecule has 4 rings (SSSR count). The fourth-order valence-corrected chi connectivity index (χ4v) is 4.08. The second-order valence-electron chi connectivity index (χ2n) is 7.02. The van der Waals surface area contributed by atoms with E-state index in [4.69, 9.17) is 9.47 Å². The maximum atomic E-state index is 13.1. The number of thioether (sulfide) groups is 1. The third-order valence-electron chi connectivity index (χ3n) is 5.14. The Morgan fingerprint density at radius 2 is 1.88 bits per heavy atom. The highest BCUT2D eigenvalue weighted by Crippen LogP contribution is 2.36. The number of hydrogen-bond acceptors (Lipinski definition) is 9. The van der Waals surface area contributed by atoms with E-state index in [9.17, 15) is 14.4 Å². The molecule has 2 aliphatic rings. The molecule has 2 aromatic rings. The summed E-state index contributed by atoms with van der Waals surface area (Å²) in [6.45, 7) is -0.215. The molecule has 0 saturated carbocycles. The molecule has 0 unspecified atom stereocenters. The summed E-state index contributed by atoms with van der Waals surface area (Å²) in [5.41, 5.74) is 0.968. The zero-order valence-electron chi connectivity index (χ0n) is 17.6. The summed E-state index contributed by atoms with van der Waals surface area (Å²) >= 11 is 1.56. The zero-order chi connectivity index (χ0) is 22.8. The van der Waals surface area contributed by atoms with Crippen LogP contribution in [0.4, 0.5) is 11.4 Å². The number of methoxy groups -OCH3 is 2. The molecule has 1 saturated heterocycles. The molecule has 0 spiro atoms. The first-order chi connectivity index (χ1) is 15.5. The van der Waals surface area contributed by atoms with E-state index >= 15 is 0 Å². The molecular formula is C21H21N5O5S. The van der Waals surface area contributed by atoms with Crippen molar-refractivity contribution in [2.45, 2.75) is 17.0 Å². The van der Waals surface area contributed by atoms with Crippen LogP contribution < -0.4 is 19.7 Å². The molecule has 10 nitrogen and oxygen atoms in total. The molecule has 0 aliphatic carbocycles.